The molecular weight excluding hydrogens is 242 g/mol. The molecule has 1 aliphatic heterocycles. The van der Waals surface area contributed by atoms with Gasteiger partial charge < -0.3 is 10.1 Å². The lowest BCUT2D eigenvalue weighted by molar-refractivity contribution is 0.385. The molecule has 0 bridgehead atoms. The van der Waals surface area contributed by atoms with E-state index in [4.69, 9.17) is 4.74 Å². The highest BCUT2D eigenvalue weighted by Gasteiger charge is 2.24. The van der Waals surface area contributed by atoms with E-state index in [1.54, 1.807) is 7.11 Å². The van der Waals surface area contributed by atoms with Crippen molar-refractivity contribution in [3.8, 4) is 5.75 Å². The summed E-state index contributed by atoms with van der Waals surface area (Å²) in [4.78, 5) is 0. The Kier molecular flexibility index (Phi) is 3.80. The van der Waals surface area contributed by atoms with E-state index in [1.807, 2.05) is 0 Å². The van der Waals surface area contributed by atoms with Crippen molar-refractivity contribution in [2.75, 3.05) is 18.6 Å². The fourth-order valence-corrected chi connectivity index (χ4v) is 4.27. The van der Waals surface area contributed by atoms with Gasteiger partial charge in [0, 0.05) is 17.8 Å². The largest absolute Gasteiger partial charge is 0.496 e. The van der Waals surface area contributed by atoms with Gasteiger partial charge in [0.2, 0.25) is 0 Å². The maximum atomic E-state index is 5.46. The van der Waals surface area contributed by atoms with Crippen LogP contribution < -0.4 is 10.1 Å². The molecule has 0 amide bonds. The molecule has 3 heteroatoms. The Labute approximate surface area is 113 Å². The Morgan fingerprint density at radius 2 is 2.22 bits per heavy atom. The molecule has 1 aromatic rings. The second-order valence-electron chi connectivity index (χ2n) is 5.26. The average Bonchev–Trinajstić information content (AvgIpc) is 2.90. The first-order chi connectivity index (χ1) is 8.86. The van der Waals surface area contributed by atoms with E-state index in [0.717, 1.165) is 24.6 Å². The van der Waals surface area contributed by atoms with Crippen LogP contribution in [-0.2, 0) is 12.8 Å². The lowest BCUT2D eigenvalue weighted by Gasteiger charge is -2.29. The average molecular weight is 263 g/mol. The summed E-state index contributed by atoms with van der Waals surface area (Å²) in [5.74, 6) is 3.69. The van der Waals surface area contributed by atoms with E-state index >= 15 is 0 Å². The molecular formula is C15H21NOS. The predicted molar refractivity (Wildman–Crippen MR) is 77.7 cm³/mol. The number of rotatable bonds is 3. The highest BCUT2D eigenvalue weighted by Crippen LogP contribution is 2.30. The van der Waals surface area contributed by atoms with Gasteiger partial charge in [0.25, 0.3) is 0 Å². The van der Waals surface area contributed by atoms with Crippen LogP contribution in [0.15, 0.2) is 18.2 Å². The first kappa shape index (κ1) is 12.4. The molecule has 2 nitrogen and oxygen atoms in total. The molecule has 1 aliphatic carbocycles. The minimum Gasteiger partial charge on any atom is -0.496 e. The number of hydrogen-bond donors (Lipinski definition) is 1. The van der Waals surface area contributed by atoms with E-state index in [9.17, 15) is 0 Å². The van der Waals surface area contributed by atoms with Gasteiger partial charge in [-0.15, -0.1) is 0 Å². The smallest absolute Gasteiger partial charge is 0.122 e. The first-order valence-corrected chi connectivity index (χ1v) is 8.01. The van der Waals surface area contributed by atoms with Crippen molar-refractivity contribution >= 4 is 11.8 Å². The number of nitrogens with one attached hydrogen (secondary N) is 1. The molecule has 0 spiro atoms. The summed E-state index contributed by atoms with van der Waals surface area (Å²) in [5, 5.41) is 3.83. The minimum atomic E-state index is 0.660. The summed E-state index contributed by atoms with van der Waals surface area (Å²) >= 11 is 2.08. The van der Waals surface area contributed by atoms with E-state index in [1.165, 1.54) is 35.5 Å². The Bertz CT molecular complexity index is 415. The van der Waals surface area contributed by atoms with Gasteiger partial charge >= 0.3 is 0 Å². The molecule has 1 N–H and O–H groups in total. The van der Waals surface area contributed by atoms with Crippen molar-refractivity contribution in [1.82, 2.24) is 5.32 Å². The SMILES string of the molecule is COc1cccc2c1CC[C@H](N[C@@H]1CCSC1)C2. The number of hydrogen-bond acceptors (Lipinski definition) is 3. The molecule has 1 fully saturated rings. The molecule has 1 aromatic carbocycles. The maximum absolute atomic E-state index is 5.46. The molecule has 18 heavy (non-hydrogen) atoms. The number of ether oxygens (including phenoxy) is 1. The number of fused-ring (bicyclic) bond motifs is 1. The maximum Gasteiger partial charge on any atom is 0.122 e. The number of methoxy groups -OCH3 is 1. The van der Waals surface area contributed by atoms with Crippen molar-refractivity contribution in [1.29, 1.82) is 0 Å². The summed E-state index contributed by atoms with van der Waals surface area (Å²) in [6.45, 7) is 0. The van der Waals surface area contributed by atoms with Gasteiger partial charge in [-0.1, -0.05) is 12.1 Å². The summed E-state index contributed by atoms with van der Waals surface area (Å²) in [7, 11) is 1.77. The summed E-state index contributed by atoms with van der Waals surface area (Å²) in [6, 6.07) is 7.86. The van der Waals surface area contributed by atoms with Crippen molar-refractivity contribution in [2.45, 2.75) is 37.8 Å². The van der Waals surface area contributed by atoms with Crippen molar-refractivity contribution in [3.63, 3.8) is 0 Å². The molecule has 0 saturated carbocycles. The zero-order valence-electron chi connectivity index (χ0n) is 10.9. The molecule has 0 unspecified atom stereocenters. The second kappa shape index (κ2) is 5.54. The number of benzene rings is 1. The van der Waals surface area contributed by atoms with Gasteiger partial charge in [-0.05, 0) is 48.6 Å². The van der Waals surface area contributed by atoms with Gasteiger partial charge in [-0.3, -0.25) is 0 Å². The normalized spacial score (nSPS) is 26.9. The molecule has 0 aromatic heterocycles. The van der Waals surface area contributed by atoms with Crippen molar-refractivity contribution in [3.05, 3.63) is 29.3 Å². The van der Waals surface area contributed by atoms with E-state index in [-0.39, 0.29) is 0 Å². The van der Waals surface area contributed by atoms with Crippen molar-refractivity contribution in [2.24, 2.45) is 0 Å². The van der Waals surface area contributed by atoms with Gasteiger partial charge in [0.15, 0.2) is 0 Å². The summed E-state index contributed by atoms with van der Waals surface area (Å²) in [6.07, 6.45) is 4.89. The Hall–Kier alpha value is -0.670. The lowest BCUT2D eigenvalue weighted by Crippen LogP contribution is -2.41. The first-order valence-electron chi connectivity index (χ1n) is 6.85. The van der Waals surface area contributed by atoms with Crippen LogP contribution in [-0.4, -0.2) is 30.7 Å². The molecule has 0 radical (unpaired) electrons. The zero-order chi connectivity index (χ0) is 12.4. The van der Waals surface area contributed by atoms with Crippen molar-refractivity contribution < 1.29 is 4.74 Å². The topological polar surface area (TPSA) is 21.3 Å². The zero-order valence-corrected chi connectivity index (χ0v) is 11.8. The third-order valence-electron chi connectivity index (χ3n) is 4.06. The van der Waals surface area contributed by atoms with Crippen LogP contribution >= 0.6 is 11.8 Å². The summed E-state index contributed by atoms with van der Waals surface area (Å²) < 4.78 is 5.46. The number of thioether (sulfide) groups is 1. The van der Waals surface area contributed by atoms with Crippen LogP contribution in [0.3, 0.4) is 0 Å². The van der Waals surface area contributed by atoms with Crippen LogP contribution in [0.2, 0.25) is 0 Å². The Morgan fingerprint density at radius 3 is 3.00 bits per heavy atom. The van der Waals surface area contributed by atoms with Gasteiger partial charge in [0.05, 0.1) is 7.11 Å². The summed E-state index contributed by atoms with van der Waals surface area (Å²) in [5.41, 5.74) is 2.91. The van der Waals surface area contributed by atoms with E-state index in [2.05, 4.69) is 35.3 Å². The van der Waals surface area contributed by atoms with E-state index in [0.29, 0.717) is 6.04 Å². The lowest BCUT2D eigenvalue weighted by atomic mass is 9.87. The van der Waals surface area contributed by atoms with Gasteiger partial charge in [0.1, 0.15) is 5.75 Å². The molecule has 98 valence electrons. The third kappa shape index (κ3) is 2.52. The van der Waals surface area contributed by atoms with Gasteiger partial charge in [-0.2, -0.15) is 11.8 Å². The van der Waals surface area contributed by atoms with Crippen LogP contribution in [0.4, 0.5) is 0 Å². The molecule has 2 atom stereocenters. The van der Waals surface area contributed by atoms with Crippen LogP contribution in [0.1, 0.15) is 24.0 Å². The minimum absolute atomic E-state index is 0.660. The Morgan fingerprint density at radius 1 is 1.28 bits per heavy atom. The van der Waals surface area contributed by atoms with E-state index < -0.39 is 0 Å². The molecule has 1 heterocycles. The third-order valence-corrected chi connectivity index (χ3v) is 5.22. The second-order valence-corrected chi connectivity index (χ2v) is 6.41. The highest BCUT2D eigenvalue weighted by atomic mass is 32.2. The molecule has 1 saturated heterocycles. The standard InChI is InChI=1S/C15H21NOS/c1-17-15-4-2-3-11-9-12(5-6-14(11)15)16-13-7-8-18-10-13/h2-4,12-13,16H,5-10H2,1H3/t12-,13+/m0/s1. The van der Waals surface area contributed by atoms with Crippen LogP contribution in [0, 0.1) is 0 Å². The fourth-order valence-electron chi connectivity index (χ4n) is 3.10. The Balaban J connectivity index is 1.69. The molecule has 3 rings (SSSR count). The molecule has 2 aliphatic rings. The van der Waals surface area contributed by atoms with Gasteiger partial charge in [-0.25, -0.2) is 0 Å². The predicted octanol–water partition coefficient (Wildman–Crippen LogP) is 2.65. The van der Waals surface area contributed by atoms with Crippen LogP contribution in [0.25, 0.3) is 0 Å². The van der Waals surface area contributed by atoms with Crippen LogP contribution in [0.5, 0.6) is 5.75 Å². The fraction of sp³-hybridized carbons (Fsp3) is 0.600. The highest BCUT2D eigenvalue weighted by molar-refractivity contribution is 7.99. The quantitative estimate of drug-likeness (QED) is 0.906. The monoisotopic (exact) mass is 263 g/mol.